The lowest BCUT2D eigenvalue weighted by molar-refractivity contribution is 0.311. The Morgan fingerprint density at radius 2 is 1.72 bits per heavy atom. The quantitative estimate of drug-likeness (QED) is 0.885. The van der Waals surface area contributed by atoms with Crippen molar-refractivity contribution in [3.8, 4) is 6.01 Å². The van der Waals surface area contributed by atoms with Gasteiger partial charge < -0.3 is 4.74 Å². The van der Waals surface area contributed by atoms with E-state index in [1.54, 1.807) is 26.0 Å². The number of rotatable bonds is 5. The summed E-state index contributed by atoms with van der Waals surface area (Å²) in [4.78, 5) is 8.70. The standard InChI is InChI=1S/C18H23N3O3S/c1-4-24-18-19-12(2)17(13(3)20-18)21-25(22,23)16-10-9-14-7-5-6-8-15(14)11-16/h9-11,21H,4-8H2,1-3H3. The summed E-state index contributed by atoms with van der Waals surface area (Å²) in [5, 5.41) is 0. The second-order valence-corrected chi connectivity index (χ2v) is 7.91. The Morgan fingerprint density at radius 1 is 1.08 bits per heavy atom. The minimum atomic E-state index is -3.69. The average molecular weight is 361 g/mol. The van der Waals surface area contributed by atoms with Crippen LogP contribution in [0.2, 0.25) is 0 Å². The molecule has 1 aromatic heterocycles. The SMILES string of the molecule is CCOc1nc(C)c(NS(=O)(=O)c2ccc3c(c2)CCCC3)c(C)n1. The van der Waals surface area contributed by atoms with E-state index in [9.17, 15) is 8.42 Å². The second-order valence-electron chi connectivity index (χ2n) is 6.23. The maximum absolute atomic E-state index is 12.8. The number of anilines is 1. The van der Waals surface area contributed by atoms with Gasteiger partial charge in [0.2, 0.25) is 0 Å². The molecule has 0 saturated heterocycles. The molecule has 2 aromatic rings. The summed E-state index contributed by atoms with van der Waals surface area (Å²) in [7, 11) is -3.69. The molecule has 7 heteroatoms. The van der Waals surface area contributed by atoms with Crippen LogP contribution in [0.4, 0.5) is 5.69 Å². The fraction of sp³-hybridized carbons (Fsp3) is 0.444. The van der Waals surface area contributed by atoms with Crippen molar-refractivity contribution in [3.05, 3.63) is 40.7 Å². The van der Waals surface area contributed by atoms with Crippen LogP contribution in [0.25, 0.3) is 0 Å². The van der Waals surface area contributed by atoms with Crippen molar-refractivity contribution in [2.75, 3.05) is 11.3 Å². The summed E-state index contributed by atoms with van der Waals surface area (Å²) in [6, 6.07) is 5.65. The van der Waals surface area contributed by atoms with Gasteiger partial charge in [0.1, 0.15) is 0 Å². The summed E-state index contributed by atoms with van der Waals surface area (Å²) < 4.78 is 33.5. The Kier molecular flexibility index (Phi) is 4.94. The van der Waals surface area contributed by atoms with Crippen LogP contribution in [0.5, 0.6) is 6.01 Å². The molecule has 0 spiro atoms. The summed E-state index contributed by atoms with van der Waals surface area (Å²) in [5.41, 5.74) is 3.86. The molecule has 0 atom stereocenters. The highest BCUT2D eigenvalue weighted by Crippen LogP contribution is 2.27. The maximum atomic E-state index is 12.8. The van der Waals surface area contributed by atoms with Crippen LogP contribution >= 0.6 is 0 Å². The van der Waals surface area contributed by atoms with E-state index in [0.717, 1.165) is 24.8 Å². The van der Waals surface area contributed by atoms with E-state index in [1.807, 2.05) is 13.0 Å². The summed E-state index contributed by atoms with van der Waals surface area (Å²) in [6.07, 6.45) is 4.23. The number of ether oxygens (including phenoxy) is 1. The van der Waals surface area contributed by atoms with E-state index in [2.05, 4.69) is 14.7 Å². The molecule has 0 bridgehead atoms. The molecule has 25 heavy (non-hydrogen) atoms. The highest BCUT2D eigenvalue weighted by molar-refractivity contribution is 7.92. The minimum absolute atomic E-state index is 0.259. The number of aryl methyl sites for hydroxylation is 4. The Morgan fingerprint density at radius 3 is 2.36 bits per heavy atom. The molecule has 0 amide bonds. The smallest absolute Gasteiger partial charge is 0.316 e. The molecule has 1 aliphatic carbocycles. The van der Waals surface area contributed by atoms with Crippen LogP contribution in [0, 0.1) is 13.8 Å². The zero-order valence-electron chi connectivity index (χ0n) is 14.8. The van der Waals surface area contributed by atoms with E-state index in [-0.39, 0.29) is 10.9 Å². The zero-order valence-corrected chi connectivity index (χ0v) is 15.6. The lowest BCUT2D eigenvalue weighted by Gasteiger charge is -2.18. The van der Waals surface area contributed by atoms with Gasteiger partial charge >= 0.3 is 6.01 Å². The third-order valence-electron chi connectivity index (χ3n) is 4.39. The zero-order chi connectivity index (χ0) is 18.0. The number of sulfonamides is 1. The van der Waals surface area contributed by atoms with Crippen LogP contribution in [-0.2, 0) is 22.9 Å². The Labute approximate surface area is 148 Å². The first-order chi connectivity index (χ1) is 11.9. The van der Waals surface area contributed by atoms with E-state index in [4.69, 9.17) is 4.74 Å². The lowest BCUT2D eigenvalue weighted by Crippen LogP contribution is -2.17. The number of nitrogens with one attached hydrogen (secondary N) is 1. The van der Waals surface area contributed by atoms with Crippen LogP contribution < -0.4 is 9.46 Å². The van der Waals surface area contributed by atoms with Crippen molar-refractivity contribution in [2.24, 2.45) is 0 Å². The molecule has 3 rings (SSSR count). The third kappa shape index (κ3) is 3.76. The molecule has 0 radical (unpaired) electrons. The molecule has 0 aliphatic heterocycles. The summed E-state index contributed by atoms with van der Waals surface area (Å²) >= 11 is 0. The van der Waals surface area contributed by atoms with Crippen molar-refractivity contribution in [1.29, 1.82) is 0 Å². The molecular formula is C18H23N3O3S. The average Bonchev–Trinajstić information content (AvgIpc) is 2.58. The Bertz CT molecular complexity index is 871. The van der Waals surface area contributed by atoms with Gasteiger partial charge in [0.25, 0.3) is 10.0 Å². The second kappa shape index (κ2) is 7.00. The van der Waals surface area contributed by atoms with Gasteiger partial charge in [-0.15, -0.1) is 0 Å². The third-order valence-corrected chi connectivity index (χ3v) is 5.74. The van der Waals surface area contributed by atoms with Crippen molar-refractivity contribution in [3.63, 3.8) is 0 Å². The van der Waals surface area contributed by atoms with Crippen molar-refractivity contribution in [1.82, 2.24) is 9.97 Å². The number of fused-ring (bicyclic) bond motifs is 1. The first-order valence-electron chi connectivity index (χ1n) is 8.53. The number of hydrogen-bond acceptors (Lipinski definition) is 5. The number of nitrogens with zero attached hydrogens (tertiary/aromatic N) is 2. The molecule has 0 saturated carbocycles. The van der Waals surface area contributed by atoms with E-state index in [0.29, 0.717) is 23.7 Å². The Hall–Kier alpha value is -2.15. The van der Waals surface area contributed by atoms with Gasteiger partial charge in [-0.3, -0.25) is 4.72 Å². The van der Waals surface area contributed by atoms with Gasteiger partial charge in [0.05, 0.1) is 28.6 Å². The van der Waals surface area contributed by atoms with Gasteiger partial charge in [-0.25, -0.2) is 8.42 Å². The predicted molar refractivity (Wildman–Crippen MR) is 96.6 cm³/mol. The van der Waals surface area contributed by atoms with Crippen molar-refractivity contribution >= 4 is 15.7 Å². The summed E-state index contributed by atoms with van der Waals surface area (Å²) in [6.45, 7) is 5.78. The van der Waals surface area contributed by atoms with Gasteiger partial charge in [-0.05, 0) is 69.7 Å². The fourth-order valence-electron chi connectivity index (χ4n) is 3.10. The highest BCUT2D eigenvalue weighted by atomic mass is 32.2. The predicted octanol–water partition coefficient (Wildman–Crippen LogP) is 3.17. The molecule has 6 nitrogen and oxygen atoms in total. The summed E-state index contributed by atoms with van der Waals surface area (Å²) in [5.74, 6) is 0. The van der Waals surface area contributed by atoms with Gasteiger partial charge in [-0.1, -0.05) is 6.07 Å². The van der Waals surface area contributed by atoms with Gasteiger partial charge in [-0.2, -0.15) is 9.97 Å². The number of aromatic nitrogens is 2. The molecule has 1 aromatic carbocycles. The molecule has 134 valence electrons. The van der Waals surface area contributed by atoms with E-state index < -0.39 is 10.0 Å². The minimum Gasteiger partial charge on any atom is -0.464 e. The molecule has 1 aliphatic rings. The molecule has 0 unspecified atom stereocenters. The van der Waals surface area contributed by atoms with Gasteiger partial charge in [0.15, 0.2) is 0 Å². The molecular weight excluding hydrogens is 338 g/mol. The Balaban J connectivity index is 1.92. The first-order valence-corrected chi connectivity index (χ1v) is 10.0. The molecule has 1 N–H and O–H groups in total. The first kappa shape index (κ1) is 17.7. The van der Waals surface area contributed by atoms with Crippen LogP contribution in [0.1, 0.15) is 42.3 Å². The van der Waals surface area contributed by atoms with Crippen molar-refractivity contribution in [2.45, 2.75) is 51.3 Å². The van der Waals surface area contributed by atoms with Crippen LogP contribution in [-0.4, -0.2) is 25.0 Å². The largest absolute Gasteiger partial charge is 0.464 e. The highest BCUT2D eigenvalue weighted by Gasteiger charge is 2.20. The van der Waals surface area contributed by atoms with Gasteiger partial charge in [0, 0.05) is 0 Å². The molecule has 0 fully saturated rings. The number of hydrogen-bond donors (Lipinski definition) is 1. The van der Waals surface area contributed by atoms with Crippen LogP contribution in [0.3, 0.4) is 0 Å². The van der Waals surface area contributed by atoms with Crippen molar-refractivity contribution < 1.29 is 13.2 Å². The van der Waals surface area contributed by atoms with E-state index in [1.165, 1.54) is 12.0 Å². The van der Waals surface area contributed by atoms with E-state index >= 15 is 0 Å². The van der Waals surface area contributed by atoms with Crippen LogP contribution in [0.15, 0.2) is 23.1 Å². The topological polar surface area (TPSA) is 81.2 Å². The monoisotopic (exact) mass is 361 g/mol. The fourth-order valence-corrected chi connectivity index (χ4v) is 4.32. The normalized spacial score (nSPS) is 14.0. The number of benzene rings is 1. The lowest BCUT2D eigenvalue weighted by atomic mass is 9.92. The maximum Gasteiger partial charge on any atom is 0.316 e. The molecule has 1 heterocycles.